The van der Waals surface area contributed by atoms with Crippen molar-refractivity contribution in [2.24, 2.45) is 17.1 Å². The second kappa shape index (κ2) is 8.62. The Bertz CT molecular complexity index is 1170. The normalized spacial score (nSPS) is 17.2. The van der Waals surface area contributed by atoms with Gasteiger partial charge < -0.3 is 10.5 Å². The molecule has 3 aromatic rings. The summed E-state index contributed by atoms with van der Waals surface area (Å²) in [6, 6.07) is 18.1. The molecule has 162 valence electrons. The summed E-state index contributed by atoms with van der Waals surface area (Å²) in [6.45, 7) is 2.79. The van der Waals surface area contributed by atoms with E-state index in [1.807, 2.05) is 54.7 Å². The molecule has 0 bridgehead atoms. The number of hydrogen-bond acceptors (Lipinski definition) is 3. The molecule has 1 aromatic heterocycles. The number of aromatic nitrogens is 1. The third-order valence-corrected chi connectivity index (χ3v) is 6.95. The van der Waals surface area contributed by atoms with Gasteiger partial charge in [-0.05, 0) is 92.0 Å². The van der Waals surface area contributed by atoms with Crippen LogP contribution in [0.25, 0.3) is 11.1 Å². The summed E-state index contributed by atoms with van der Waals surface area (Å²) in [4.78, 5) is 4.49. The summed E-state index contributed by atoms with van der Waals surface area (Å²) >= 11 is 5.96. The topological polar surface area (TPSA) is 48.1 Å². The number of hydrogen-bond donors (Lipinski definition) is 1. The number of nitrogens with zero attached hydrogens (tertiary/aromatic N) is 1. The van der Waals surface area contributed by atoms with Gasteiger partial charge in [-0.1, -0.05) is 35.7 Å². The molecule has 2 fully saturated rings. The Labute approximate surface area is 195 Å². The Hall–Kier alpha value is -2.80. The molecule has 3 nitrogen and oxygen atoms in total. The summed E-state index contributed by atoms with van der Waals surface area (Å²) < 4.78 is 6.19. The van der Waals surface area contributed by atoms with Gasteiger partial charge in [-0.3, -0.25) is 0 Å². The van der Waals surface area contributed by atoms with E-state index in [0.29, 0.717) is 12.0 Å². The van der Waals surface area contributed by atoms with Gasteiger partial charge in [0.25, 0.3) is 0 Å². The maximum Gasteiger partial charge on any atom is 0.122 e. The maximum absolute atomic E-state index is 6.48. The molecule has 0 saturated heterocycles. The lowest BCUT2D eigenvalue weighted by molar-refractivity contribution is 0.197. The zero-order chi connectivity index (χ0) is 22.1. The molecule has 2 aliphatic rings. The molecule has 2 aliphatic carbocycles. The quantitative estimate of drug-likeness (QED) is 0.476. The summed E-state index contributed by atoms with van der Waals surface area (Å²) in [6.07, 6.45) is 6.80. The fourth-order valence-electron chi connectivity index (χ4n) is 4.22. The van der Waals surface area contributed by atoms with Gasteiger partial charge in [-0.25, -0.2) is 4.98 Å². The minimum Gasteiger partial charge on any atom is -0.493 e. The van der Waals surface area contributed by atoms with Crippen molar-refractivity contribution in [3.63, 3.8) is 0 Å². The Morgan fingerprint density at radius 1 is 1.06 bits per heavy atom. The van der Waals surface area contributed by atoms with E-state index in [1.54, 1.807) is 0 Å². The van der Waals surface area contributed by atoms with Gasteiger partial charge >= 0.3 is 0 Å². The van der Waals surface area contributed by atoms with Crippen LogP contribution in [0.15, 0.2) is 60.8 Å². The molecule has 1 heterocycles. The standard InChI is InChI=1S/C28H27ClN2O/c1-19-16-20(3-13-26(19)32-18-28(14-15-28)27(30)22-4-5-22)2-11-25-12-8-23(17-31-25)21-6-9-24(29)10-7-21/h3,6-10,12-13,16-17,22,27H,4-5,14-15,18,30H2,1H3. The third kappa shape index (κ3) is 4.67. The number of pyridine rings is 1. The highest BCUT2D eigenvalue weighted by atomic mass is 35.5. The molecule has 1 unspecified atom stereocenters. The van der Waals surface area contributed by atoms with Crippen molar-refractivity contribution in [2.75, 3.05) is 6.61 Å². The van der Waals surface area contributed by atoms with Gasteiger partial charge in [0, 0.05) is 33.8 Å². The zero-order valence-corrected chi connectivity index (χ0v) is 19.0. The lowest BCUT2D eigenvalue weighted by Crippen LogP contribution is -2.37. The van der Waals surface area contributed by atoms with Crippen molar-refractivity contribution in [3.05, 3.63) is 82.6 Å². The molecule has 0 spiro atoms. The summed E-state index contributed by atoms with van der Waals surface area (Å²) in [5.74, 6) is 8.02. The van der Waals surface area contributed by atoms with Crippen LogP contribution in [0, 0.1) is 30.1 Å². The van der Waals surface area contributed by atoms with Crippen LogP contribution in [0.1, 0.15) is 42.5 Å². The van der Waals surface area contributed by atoms with E-state index in [-0.39, 0.29) is 5.41 Å². The third-order valence-electron chi connectivity index (χ3n) is 6.70. The summed E-state index contributed by atoms with van der Waals surface area (Å²) in [5.41, 5.74) is 11.6. The van der Waals surface area contributed by atoms with Crippen LogP contribution in [0.3, 0.4) is 0 Å². The molecular formula is C28H27ClN2O. The molecule has 2 aromatic carbocycles. The minimum atomic E-state index is 0.204. The lowest BCUT2D eigenvalue weighted by atomic mass is 9.94. The van der Waals surface area contributed by atoms with Gasteiger partial charge in [-0.15, -0.1) is 0 Å². The predicted octanol–water partition coefficient (Wildman–Crippen LogP) is 6.01. The van der Waals surface area contributed by atoms with Crippen LogP contribution in [-0.4, -0.2) is 17.6 Å². The van der Waals surface area contributed by atoms with Crippen LogP contribution >= 0.6 is 11.6 Å². The second-order valence-electron chi connectivity index (χ2n) is 9.18. The molecule has 0 aliphatic heterocycles. The average Bonchev–Trinajstić information content (AvgIpc) is 3.73. The number of ether oxygens (including phenoxy) is 1. The van der Waals surface area contributed by atoms with Crippen molar-refractivity contribution < 1.29 is 4.74 Å². The number of aryl methyl sites for hydroxylation is 1. The van der Waals surface area contributed by atoms with E-state index in [9.17, 15) is 0 Å². The van der Waals surface area contributed by atoms with Crippen molar-refractivity contribution >= 4 is 11.6 Å². The molecule has 4 heteroatoms. The SMILES string of the molecule is Cc1cc(C#Cc2ccc(-c3ccc(Cl)cc3)cn2)ccc1OCC1(C(N)C2CC2)CC1. The van der Waals surface area contributed by atoms with Crippen molar-refractivity contribution in [1.29, 1.82) is 0 Å². The Morgan fingerprint density at radius 3 is 2.44 bits per heavy atom. The van der Waals surface area contributed by atoms with Crippen molar-refractivity contribution in [3.8, 4) is 28.7 Å². The van der Waals surface area contributed by atoms with E-state index in [2.05, 4.69) is 29.8 Å². The zero-order valence-electron chi connectivity index (χ0n) is 18.3. The Morgan fingerprint density at radius 2 is 1.81 bits per heavy atom. The van der Waals surface area contributed by atoms with Crippen LogP contribution in [0.2, 0.25) is 5.02 Å². The summed E-state index contributed by atoms with van der Waals surface area (Å²) in [5, 5.41) is 0.727. The number of benzene rings is 2. The molecule has 2 saturated carbocycles. The van der Waals surface area contributed by atoms with Gasteiger partial charge in [-0.2, -0.15) is 0 Å². The molecule has 0 radical (unpaired) electrons. The highest BCUT2D eigenvalue weighted by Crippen LogP contribution is 2.54. The van der Waals surface area contributed by atoms with Crippen molar-refractivity contribution in [2.45, 2.75) is 38.6 Å². The summed E-state index contributed by atoms with van der Waals surface area (Å²) in [7, 11) is 0. The molecule has 0 amide bonds. The lowest BCUT2D eigenvalue weighted by Gasteiger charge is -2.24. The van der Waals surface area contributed by atoms with Crippen LogP contribution in [-0.2, 0) is 0 Å². The predicted molar refractivity (Wildman–Crippen MR) is 130 cm³/mol. The van der Waals surface area contributed by atoms with Gasteiger partial charge in [0.1, 0.15) is 11.4 Å². The first-order valence-corrected chi connectivity index (χ1v) is 11.6. The highest BCUT2D eigenvalue weighted by molar-refractivity contribution is 6.30. The van der Waals surface area contributed by atoms with Gasteiger partial charge in [0.15, 0.2) is 0 Å². The second-order valence-corrected chi connectivity index (χ2v) is 9.62. The molecular weight excluding hydrogens is 416 g/mol. The maximum atomic E-state index is 6.48. The van der Waals surface area contributed by atoms with E-state index < -0.39 is 0 Å². The first-order chi connectivity index (χ1) is 15.5. The first kappa shape index (κ1) is 21.1. The highest BCUT2D eigenvalue weighted by Gasteiger charge is 2.53. The van der Waals surface area contributed by atoms with E-state index in [4.69, 9.17) is 22.1 Å². The average molecular weight is 443 g/mol. The van der Waals surface area contributed by atoms with E-state index >= 15 is 0 Å². The van der Waals surface area contributed by atoms with E-state index in [1.165, 1.54) is 25.7 Å². The number of rotatable bonds is 6. The first-order valence-electron chi connectivity index (χ1n) is 11.3. The Kier molecular flexibility index (Phi) is 5.67. The Balaban J connectivity index is 1.23. The van der Waals surface area contributed by atoms with Gasteiger partial charge in [0.05, 0.1) is 6.61 Å². The number of halogens is 1. The minimum absolute atomic E-state index is 0.204. The number of nitrogens with two attached hydrogens (primary N) is 1. The largest absolute Gasteiger partial charge is 0.493 e. The molecule has 1 atom stereocenters. The molecule has 2 N–H and O–H groups in total. The molecule has 5 rings (SSSR count). The monoisotopic (exact) mass is 442 g/mol. The van der Waals surface area contributed by atoms with Gasteiger partial charge in [0.2, 0.25) is 0 Å². The fraction of sp³-hybridized carbons (Fsp3) is 0.321. The van der Waals surface area contributed by atoms with Crippen LogP contribution < -0.4 is 10.5 Å². The van der Waals surface area contributed by atoms with Crippen LogP contribution in [0.5, 0.6) is 5.75 Å². The molecule has 32 heavy (non-hydrogen) atoms. The fourth-order valence-corrected chi connectivity index (χ4v) is 4.34. The van der Waals surface area contributed by atoms with Crippen molar-refractivity contribution in [1.82, 2.24) is 4.98 Å². The van der Waals surface area contributed by atoms with Crippen LogP contribution in [0.4, 0.5) is 0 Å². The van der Waals surface area contributed by atoms with E-state index in [0.717, 1.165) is 45.3 Å². The smallest absolute Gasteiger partial charge is 0.122 e.